The Hall–Kier alpha value is -3.55. The van der Waals surface area contributed by atoms with Crippen LogP contribution in [0.2, 0.25) is 0 Å². The molecule has 1 aromatic carbocycles. The molecular weight excluding hydrogens is 344 g/mol. The van der Waals surface area contributed by atoms with Gasteiger partial charge in [-0.2, -0.15) is 4.98 Å². The third-order valence-electron chi connectivity index (χ3n) is 4.50. The summed E-state index contributed by atoms with van der Waals surface area (Å²) in [7, 11) is 0. The van der Waals surface area contributed by atoms with Crippen molar-refractivity contribution >= 4 is 17.2 Å². The number of hydrogen-bond donors (Lipinski definition) is 1. The van der Waals surface area contributed by atoms with Crippen LogP contribution in [0, 0.1) is 0 Å². The minimum atomic E-state index is -0.158. The lowest BCUT2D eigenvalue weighted by atomic mass is 10.2. The average Bonchev–Trinajstić information content (AvgIpc) is 3.28. The lowest BCUT2D eigenvalue weighted by molar-refractivity contribution is -0.115. The zero-order valence-corrected chi connectivity index (χ0v) is 14.4. The first-order valence-electron chi connectivity index (χ1n) is 8.79. The third kappa shape index (κ3) is 3.05. The summed E-state index contributed by atoms with van der Waals surface area (Å²) >= 11 is 0. The van der Waals surface area contributed by atoms with Gasteiger partial charge in [0.05, 0.1) is 12.0 Å². The smallest absolute Gasteiger partial charge is 0.261 e. The van der Waals surface area contributed by atoms with Crippen LogP contribution in [-0.2, 0) is 11.2 Å². The summed E-state index contributed by atoms with van der Waals surface area (Å²) in [4.78, 5) is 16.8. The minimum Gasteiger partial charge on any atom is -0.334 e. The van der Waals surface area contributed by atoms with Gasteiger partial charge in [0.15, 0.2) is 11.5 Å². The fourth-order valence-electron chi connectivity index (χ4n) is 2.97. The fraction of sp³-hybridized carbons (Fsp3) is 0.211. The number of nitrogens with zero attached hydrogens (tertiary/aromatic N) is 5. The number of fused-ring (bicyclic) bond motifs is 1. The molecule has 0 bridgehead atoms. The van der Waals surface area contributed by atoms with Gasteiger partial charge in [-0.3, -0.25) is 9.20 Å². The first kappa shape index (κ1) is 15.7. The quantitative estimate of drug-likeness (QED) is 0.588. The topological polar surface area (TPSA) is 98.2 Å². The molecule has 0 saturated heterocycles. The first-order valence-corrected chi connectivity index (χ1v) is 8.79. The fourth-order valence-corrected chi connectivity index (χ4v) is 2.97. The lowest BCUT2D eigenvalue weighted by Gasteiger charge is -2.04. The van der Waals surface area contributed by atoms with E-state index < -0.39 is 0 Å². The van der Waals surface area contributed by atoms with Crippen LogP contribution in [-0.4, -0.2) is 30.6 Å². The summed E-state index contributed by atoms with van der Waals surface area (Å²) in [6, 6.07) is 13.0. The van der Waals surface area contributed by atoms with E-state index in [1.165, 1.54) is 0 Å². The monoisotopic (exact) mass is 360 g/mol. The highest BCUT2D eigenvalue weighted by atomic mass is 16.5. The number of nitrogens with one attached hydrogen (secondary N) is 1. The standard InChI is InChI=1S/C19H16N6O2/c26-16(20-13-5-2-1-3-6-13)11-15-22-23-18-14(7-4-10-25(15)18)19-21-17(24-27-19)12-8-9-12/h1-7,10,12H,8-9,11H2,(H,20,26). The summed E-state index contributed by atoms with van der Waals surface area (Å²) in [5.74, 6) is 1.97. The summed E-state index contributed by atoms with van der Waals surface area (Å²) in [6.45, 7) is 0. The van der Waals surface area contributed by atoms with Gasteiger partial charge in [0.2, 0.25) is 5.91 Å². The predicted molar refractivity (Wildman–Crippen MR) is 97.0 cm³/mol. The Bertz CT molecular complexity index is 1110. The molecule has 134 valence electrons. The number of anilines is 1. The van der Waals surface area contributed by atoms with E-state index in [4.69, 9.17) is 4.52 Å². The first-order chi connectivity index (χ1) is 13.3. The van der Waals surface area contributed by atoms with Gasteiger partial charge in [-0.25, -0.2) is 0 Å². The van der Waals surface area contributed by atoms with E-state index in [0.717, 1.165) is 24.4 Å². The van der Waals surface area contributed by atoms with Gasteiger partial charge in [-0.15, -0.1) is 10.2 Å². The number of amides is 1. The van der Waals surface area contributed by atoms with E-state index in [1.807, 2.05) is 48.7 Å². The third-order valence-corrected chi connectivity index (χ3v) is 4.50. The van der Waals surface area contributed by atoms with Crippen molar-refractivity contribution in [1.82, 2.24) is 24.7 Å². The molecule has 5 rings (SSSR count). The largest absolute Gasteiger partial charge is 0.334 e. The minimum absolute atomic E-state index is 0.108. The Labute approximate surface area is 154 Å². The van der Waals surface area contributed by atoms with E-state index in [0.29, 0.717) is 28.8 Å². The van der Waals surface area contributed by atoms with E-state index in [-0.39, 0.29) is 12.3 Å². The zero-order chi connectivity index (χ0) is 18.2. The predicted octanol–water partition coefficient (Wildman–Crippen LogP) is 2.84. The van der Waals surface area contributed by atoms with Crippen molar-refractivity contribution in [2.24, 2.45) is 0 Å². The Kier molecular flexibility index (Phi) is 3.67. The van der Waals surface area contributed by atoms with Crippen molar-refractivity contribution in [1.29, 1.82) is 0 Å². The van der Waals surface area contributed by atoms with Gasteiger partial charge >= 0.3 is 0 Å². The highest BCUT2D eigenvalue weighted by Crippen LogP contribution is 2.39. The molecule has 4 aromatic rings. The van der Waals surface area contributed by atoms with Gasteiger partial charge in [-0.05, 0) is 37.1 Å². The molecule has 1 aliphatic rings. The second-order valence-corrected chi connectivity index (χ2v) is 6.55. The van der Waals surface area contributed by atoms with Crippen molar-refractivity contribution in [3.8, 4) is 11.5 Å². The number of rotatable bonds is 5. The van der Waals surface area contributed by atoms with Crippen LogP contribution < -0.4 is 5.32 Å². The van der Waals surface area contributed by atoms with Gasteiger partial charge < -0.3 is 9.84 Å². The molecule has 1 fully saturated rings. The van der Waals surface area contributed by atoms with Crippen LogP contribution in [0.3, 0.4) is 0 Å². The highest BCUT2D eigenvalue weighted by Gasteiger charge is 2.29. The van der Waals surface area contributed by atoms with Crippen molar-refractivity contribution in [3.63, 3.8) is 0 Å². The van der Waals surface area contributed by atoms with Crippen molar-refractivity contribution in [3.05, 3.63) is 60.3 Å². The molecule has 0 spiro atoms. The van der Waals surface area contributed by atoms with E-state index in [9.17, 15) is 4.79 Å². The Morgan fingerprint density at radius 3 is 2.81 bits per heavy atom. The zero-order valence-electron chi connectivity index (χ0n) is 14.4. The van der Waals surface area contributed by atoms with E-state index in [1.54, 1.807) is 4.40 Å². The number of carbonyl (C=O) groups is 1. The highest BCUT2D eigenvalue weighted by molar-refractivity contribution is 5.92. The summed E-state index contributed by atoms with van der Waals surface area (Å²) in [5.41, 5.74) is 2.04. The maximum atomic E-state index is 12.3. The Balaban J connectivity index is 1.42. The van der Waals surface area contributed by atoms with Crippen LogP contribution in [0.4, 0.5) is 5.69 Å². The molecule has 1 aliphatic carbocycles. The van der Waals surface area contributed by atoms with Crippen LogP contribution in [0.25, 0.3) is 17.1 Å². The van der Waals surface area contributed by atoms with Crippen molar-refractivity contribution in [2.75, 3.05) is 5.32 Å². The van der Waals surface area contributed by atoms with Crippen LogP contribution in [0.1, 0.15) is 30.4 Å². The van der Waals surface area contributed by atoms with Gasteiger partial charge in [0.25, 0.3) is 5.89 Å². The van der Waals surface area contributed by atoms with Gasteiger partial charge in [-0.1, -0.05) is 23.4 Å². The molecule has 1 amide bonds. The van der Waals surface area contributed by atoms with Gasteiger partial charge in [0.1, 0.15) is 5.82 Å². The molecule has 0 aliphatic heterocycles. The van der Waals surface area contributed by atoms with Gasteiger partial charge in [0, 0.05) is 17.8 Å². The Morgan fingerprint density at radius 1 is 1.15 bits per heavy atom. The lowest BCUT2D eigenvalue weighted by Crippen LogP contribution is -2.16. The Morgan fingerprint density at radius 2 is 2.00 bits per heavy atom. The molecule has 0 unspecified atom stereocenters. The SMILES string of the molecule is O=C(Cc1nnc2c(-c3nc(C4CC4)no3)cccn12)Nc1ccccc1. The summed E-state index contributed by atoms with van der Waals surface area (Å²) < 4.78 is 7.19. The van der Waals surface area contributed by atoms with Crippen molar-refractivity contribution in [2.45, 2.75) is 25.2 Å². The van der Waals surface area contributed by atoms with E-state index in [2.05, 4.69) is 25.7 Å². The number of hydrogen-bond acceptors (Lipinski definition) is 6. The van der Waals surface area contributed by atoms with Crippen LogP contribution in [0.15, 0.2) is 53.2 Å². The maximum absolute atomic E-state index is 12.3. The molecule has 1 N–H and O–H groups in total. The summed E-state index contributed by atoms with van der Waals surface area (Å²) in [6.07, 6.45) is 4.14. The average molecular weight is 360 g/mol. The number of benzene rings is 1. The van der Waals surface area contributed by atoms with Crippen LogP contribution >= 0.6 is 0 Å². The molecular formula is C19H16N6O2. The number of pyridine rings is 1. The second kappa shape index (κ2) is 6.31. The molecule has 1 saturated carbocycles. The second-order valence-electron chi connectivity index (χ2n) is 6.55. The molecule has 8 nitrogen and oxygen atoms in total. The van der Waals surface area contributed by atoms with Crippen molar-refractivity contribution < 1.29 is 9.32 Å². The molecule has 3 aromatic heterocycles. The maximum Gasteiger partial charge on any atom is 0.261 e. The number of para-hydroxylation sites is 1. The van der Waals surface area contributed by atoms with E-state index >= 15 is 0 Å². The molecule has 27 heavy (non-hydrogen) atoms. The molecule has 3 heterocycles. The van der Waals surface area contributed by atoms with Crippen LogP contribution in [0.5, 0.6) is 0 Å². The molecule has 8 heteroatoms. The number of carbonyl (C=O) groups excluding carboxylic acids is 1. The molecule has 0 atom stereocenters. The summed E-state index contributed by atoms with van der Waals surface area (Å²) in [5, 5.41) is 15.3. The normalized spacial score (nSPS) is 13.8. The molecule has 0 radical (unpaired) electrons. The number of aromatic nitrogens is 5.